The van der Waals surface area contributed by atoms with Crippen LogP contribution in [0.4, 0.5) is 5.69 Å². The van der Waals surface area contributed by atoms with Crippen molar-refractivity contribution in [2.45, 2.75) is 38.1 Å². The molecule has 0 bridgehead atoms. The molecule has 1 aromatic rings. The van der Waals surface area contributed by atoms with Crippen LogP contribution in [0.5, 0.6) is 0 Å². The van der Waals surface area contributed by atoms with Gasteiger partial charge in [-0.1, -0.05) is 31.4 Å². The average Bonchev–Trinajstić information content (AvgIpc) is 2.68. The summed E-state index contributed by atoms with van der Waals surface area (Å²) in [4.78, 5) is 36.0. The monoisotopic (exact) mass is 374 g/mol. The minimum Gasteiger partial charge on any atom is -0.480 e. The number of carboxylic acids is 1. The van der Waals surface area contributed by atoms with Crippen LogP contribution in [0.25, 0.3) is 0 Å². The Balaban J connectivity index is 1.97. The van der Waals surface area contributed by atoms with Gasteiger partial charge in [-0.3, -0.25) is 9.59 Å². The van der Waals surface area contributed by atoms with Crippen LogP contribution < -0.4 is 10.6 Å². The van der Waals surface area contributed by atoms with Crippen molar-refractivity contribution in [2.75, 3.05) is 18.5 Å². The molecule has 1 unspecified atom stereocenters. The van der Waals surface area contributed by atoms with Crippen molar-refractivity contribution in [3.8, 4) is 0 Å². The predicted octanol–water partition coefficient (Wildman–Crippen LogP) is 2.59. The number of hydrogen-bond donors (Lipinski definition) is 3. The second kappa shape index (κ2) is 10.5. The Morgan fingerprint density at radius 3 is 2.67 bits per heavy atom. The summed E-state index contributed by atoms with van der Waals surface area (Å²) in [6.45, 7) is 3.52. The van der Waals surface area contributed by atoms with Gasteiger partial charge in [0.2, 0.25) is 5.91 Å². The van der Waals surface area contributed by atoms with Crippen LogP contribution in [-0.2, 0) is 14.3 Å². The van der Waals surface area contributed by atoms with Crippen LogP contribution in [0, 0.1) is 5.92 Å². The Bertz CT molecular complexity index is 683. The molecule has 1 aliphatic rings. The minimum absolute atomic E-state index is 0.00892. The topological polar surface area (TPSA) is 105 Å². The standard InChI is InChI=1S/C20H26N2O5/c1-2-11-27-13-17(20(25)26)22-19(24)15-9-6-10-16(12-15)21-18(23)14-7-4-3-5-8-14/h2,6,9-10,12,14,17H,1,3-5,7-8,11,13H2,(H,21,23)(H,22,24)(H,25,26). The molecule has 0 aromatic heterocycles. The highest BCUT2D eigenvalue weighted by molar-refractivity contribution is 5.99. The summed E-state index contributed by atoms with van der Waals surface area (Å²) < 4.78 is 5.12. The van der Waals surface area contributed by atoms with Gasteiger partial charge >= 0.3 is 5.97 Å². The van der Waals surface area contributed by atoms with E-state index in [1.54, 1.807) is 24.3 Å². The molecule has 2 amide bonds. The van der Waals surface area contributed by atoms with E-state index in [9.17, 15) is 19.5 Å². The van der Waals surface area contributed by atoms with Gasteiger partial charge in [-0.05, 0) is 31.0 Å². The number of carboxylic acid groups (broad SMARTS) is 1. The summed E-state index contributed by atoms with van der Waals surface area (Å²) in [5.41, 5.74) is 0.791. The summed E-state index contributed by atoms with van der Waals surface area (Å²) in [6, 6.07) is 5.29. The fraction of sp³-hybridized carbons (Fsp3) is 0.450. The Hall–Kier alpha value is -2.67. The molecule has 1 aromatic carbocycles. The van der Waals surface area contributed by atoms with E-state index in [0.717, 1.165) is 25.7 Å². The molecule has 0 radical (unpaired) electrons. The number of benzene rings is 1. The van der Waals surface area contributed by atoms with Gasteiger partial charge in [0.05, 0.1) is 13.2 Å². The summed E-state index contributed by atoms with van der Waals surface area (Å²) in [6.07, 6.45) is 6.56. The average molecular weight is 374 g/mol. The highest BCUT2D eigenvalue weighted by atomic mass is 16.5. The zero-order valence-electron chi connectivity index (χ0n) is 15.3. The Morgan fingerprint density at radius 1 is 1.26 bits per heavy atom. The highest BCUT2D eigenvalue weighted by Gasteiger charge is 2.23. The van der Waals surface area contributed by atoms with Crippen LogP contribution in [0.1, 0.15) is 42.5 Å². The molecular weight excluding hydrogens is 348 g/mol. The first-order valence-corrected chi connectivity index (χ1v) is 9.14. The molecule has 1 fully saturated rings. The molecule has 146 valence electrons. The molecule has 3 N–H and O–H groups in total. The first-order chi connectivity index (χ1) is 13.0. The van der Waals surface area contributed by atoms with Gasteiger partial charge in [-0.2, -0.15) is 0 Å². The third kappa shape index (κ3) is 6.53. The lowest BCUT2D eigenvalue weighted by Crippen LogP contribution is -2.44. The third-order valence-corrected chi connectivity index (χ3v) is 4.49. The largest absolute Gasteiger partial charge is 0.480 e. The van der Waals surface area contributed by atoms with Crippen molar-refractivity contribution in [3.63, 3.8) is 0 Å². The normalized spacial score (nSPS) is 15.6. The van der Waals surface area contributed by atoms with E-state index in [-0.39, 0.29) is 30.6 Å². The molecule has 1 saturated carbocycles. The Morgan fingerprint density at radius 2 is 2.00 bits per heavy atom. The van der Waals surface area contributed by atoms with Gasteiger partial charge in [-0.25, -0.2) is 4.79 Å². The SMILES string of the molecule is C=CCOCC(NC(=O)c1cccc(NC(=O)C2CCCCC2)c1)C(=O)O. The predicted molar refractivity (Wildman–Crippen MR) is 102 cm³/mol. The smallest absolute Gasteiger partial charge is 0.328 e. The number of carbonyl (C=O) groups excluding carboxylic acids is 2. The van der Waals surface area contributed by atoms with E-state index >= 15 is 0 Å². The third-order valence-electron chi connectivity index (χ3n) is 4.49. The van der Waals surface area contributed by atoms with Gasteiger partial charge in [0.15, 0.2) is 6.04 Å². The maximum Gasteiger partial charge on any atom is 0.328 e. The van der Waals surface area contributed by atoms with Crippen LogP contribution in [0.3, 0.4) is 0 Å². The number of carbonyl (C=O) groups is 3. The molecule has 1 aliphatic carbocycles. The van der Waals surface area contributed by atoms with Gasteiger partial charge in [0, 0.05) is 17.2 Å². The lowest BCUT2D eigenvalue weighted by Gasteiger charge is -2.21. The molecule has 27 heavy (non-hydrogen) atoms. The van der Waals surface area contributed by atoms with E-state index in [2.05, 4.69) is 17.2 Å². The van der Waals surface area contributed by atoms with Crippen molar-refractivity contribution >= 4 is 23.5 Å². The van der Waals surface area contributed by atoms with Gasteiger partial charge in [-0.15, -0.1) is 6.58 Å². The lowest BCUT2D eigenvalue weighted by atomic mass is 9.88. The lowest BCUT2D eigenvalue weighted by molar-refractivity contribution is -0.140. The number of rotatable bonds is 9. The molecule has 0 aliphatic heterocycles. The fourth-order valence-electron chi connectivity index (χ4n) is 3.03. The van der Waals surface area contributed by atoms with Gasteiger partial charge in [0.1, 0.15) is 0 Å². The van der Waals surface area contributed by atoms with Crippen molar-refractivity contribution in [3.05, 3.63) is 42.5 Å². The number of anilines is 1. The highest BCUT2D eigenvalue weighted by Crippen LogP contribution is 2.25. The van der Waals surface area contributed by atoms with Crippen LogP contribution >= 0.6 is 0 Å². The Kier molecular flexibility index (Phi) is 8.00. The molecule has 7 nitrogen and oxygen atoms in total. The first-order valence-electron chi connectivity index (χ1n) is 9.14. The quantitative estimate of drug-likeness (QED) is 0.455. The van der Waals surface area contributed by atoms with Crippen LogP contribution in [0.2, 0.25) is 0 Å². The van der Waals surface area contributed by atoms with Crippen LogP contribution in [0.15, 0.2) is 36.9 Å². The minimum atomic E-state index is -1.19. The van der Waals surface area contributed by atoms with Crippen molar-refractivity contribution in [2.24, 2.45) is 5.92 Å². The van der Waals surface area contributed by atoms with E-state index in [1.807, 2.05) is 0 Å². The fourth-order valence-corrected chi connectivity index (χ4v) is 3.03. The number of amides is 2. The maximum absolute atomic E-state index is 12.4. The molecule has 2 rings (SSSR count). The van der Waals surface area contributed by atoms with E-state index in [1.165, 1.54) is 12.5 Å². The summed E-state index contributed by atoms with van der Waals surface area (Å²) in [5, 5.41) is 14.5. The number of nitrogens with one attached hydrogen (secondary N) is 2. The van der Waals surface area contributed by atoms with Gasteiger partial charge in [0.25, 0.3) is 5.91 Å². The number of aliphatic carboxylic acids is 1. The number of hydrogen-bond acceptors (Lipinski definition) is 4. The second-order valence-electron chi connectivity index (χ2n) is 6.60. The van der Waals surface area contributed by atoms with Crippen molar-refractivity contribution < 1.29 is 24.2 Å². The van der Waals surface area contributed by atoms with Crippen molar-refractivity contribution in [1.29, 1.82) is 0 Å². The van der Waals surface area contributed by atoms with E-state index < -0.39 is 17.9 Å². The molecule has 1 atom stereocenters. The maximum atomic E-state index is 12.4. The first kappa shape index (κ1) is 20.6. The second-order valence-corrected chi connectivity index (χ2v) is 6.60. The number of ether oxygens (including phenoxy) is 1. The van der Waals surface area contributed by atoms with E-state index in [0.29, 0.717) is 5.69 Å². The van der Waals surface area contributed by atoms with Crippen molar-refractivity contribution in [1.82, 2.24) is 5.32 Å². The Labute approximate surface area is 158 Å². The van der Waals surface area contributed by atoms with Gasteiger partial charge < -0.3 is 20.5 Å². The summed E-state index contributed by atoms with van der Waals surface area (Å²) in [7, 11) is 0. The summed E-state index contributed by atoms with van der Waals surface area (Å²) >= 11 is 0. The zero-order valence-corrected chi connectivity index (χ0v) is 15.3. The molecule has 0 saturated heterocycles. The molecule has 0 spiro atoms. The van der Waals surface area contributed by atoms with Crippen LogP contribution in [-0.4, -0.2) is 42.1 Å². The molecule has 7 heteroatoms. The zero-order chi connectivity index (χ0) is 19.6. The van der Waals surface area contributed by atoms with E-state index in [4.69, 9.17) is 4.74 Å². The molecule has 0 heterocycles. The molecular formula is C20H26N2O5. The summed E-state index contributed by atoms with van der Waals surface area (Å²) in [5.74, 6) is -1.75.